The van der Waals surface area contributed by atoms with E-state index in [-0.39, 0.29) is 0 Å². The first-order valence-electron chi connectivity index (χ1n) is 2.87. The molecule has 0 saturated heterocycles. The Morgan fingerprint density at radius 2 is 2.50 bits per heavy atom. The molecule has 0 fully saturated rings. The van der Waals surface area contributed by atoms with Gasteiger partial charge >= 0.3 is 0 Å². The van der Waals surface area contributed by atoms with Crippen LogP contribution in [0.2, 0.25) is 0 Å². The van der Waals surface area contributed by atoms with Crippen molar-refractivity contribution in [3.8, 4) is 0 Å². The average Bonchev–Trinajstić information content (AvgIpc) is 2.34. The highest BCUT2D eigenvalue weighted by molar-refractivity contribution is 14.1. The topological polar surface area (TPSA) is 28.7 Å². The maximum atomic E-state index is 4.04. The molecular weight excluding hydrogens is 239 g/mol. The van der Waals surface area contributed by atoms with Crippen LogP contribution in [0, 0.1) is 9.77 Å². The zero-order chi connectivity index (χ0) is 6.97. The summed E-state index contributed by atoms with van der Waals surface area (Å²) in [5, 5.41) is 8.10. The maximum Gasteiger partial charge on any atom is 0.130 e. The molecule has 0 spiro atoms. The Bertz CT molecular complexity index is 353. The van der Waals surface area contributed by atoms with Crippen LogP contribution >= 0.6 is 22.6 Å². The van der Waals surface area contributed by atoms with E-state index < -0.39 is 0 Å². The van der Waals surface area contributed by atoms with Gasteiger partial charge in [0.25, 0.3) is 0 Å². The maximum absolute atomic E-state index is 4.04. The minimum atomic E-state index is 1.02. The highest BCUT2D eigenvalue weighted by Gasteiger charge is 1.98. The quantitative estimate of drug-likeness (QED) is 0.704. The zero-order valence-corrected chi connectivity index (χ0v) is 7.21. The largest absolute Gasteiger partial charge is 0.277 e. The van der Waals surface area contributed by atoms with Crippen LogP contribution in [-0.2, 0) is 0 Å². The number of hydrogen-bond acceptors (Lipinski definition) is 1. The summed E-state index contributed by atoms with van der Waals surface area (Å²) < 4.78 is 1.02. The number of aromatic amines is 1. The molecule has 0 saturated carbocycles. The Kier molecular flexibility index (Phi) is 1.37. The van der Waals surface area contributed by atoms with Crippen LogP contribution in [0.15, 0.2) is 18.2 Å². The first-order valence-corrected chi connectivity index (χ1v) is 3.95. The van der Waals surface area contributed by atoms with Crippen molar-refractivity contribution < 1.29 is 0 Å². The summed E-state index contributed by atoms with van der Waals surface area (Å²) in [6.07, 6.45) is 0. The van der Waals surface area contributed by atoms with Gasteiger partial charge in [-0.1, -0.05) is 6.07 Å². The van der Waals surface area contributed by atoms with E-state index in [4.69, 9.17) is 0 Å². The molecule has 2 rings (SSSR count). The van der Waals surface area contributed by atoms with Crippen molar-refractivity contribution in [1.29, 1.82) is 0 Å². The second-order valence-corrected chi connectivity index (χ2v) is 3.01. The molecule has 0 atom stereocenters. The Hall–Kier alpha value is -0.580. The van der Waals surface area contributed by atoms with Gasteiger partial charge in [0, 0.05) is 5.39 Å². The van der Waals surface area contributed by atoms with Gasteiger partial charge in [0.15, 0.2) is 0 Å². The van der Waals surface area contributed by atoms with E-state index in [2.05, 4.69) is 38.9 Å². The molecule has 0 aliphatic heterocycles. The zero-order valence-electron chi connectivity index (χ0n) is 5.06. The third kappa shape index (κ3) is 0.811. The molecule has 0 bridgehead atoms. The summed E-state index contributed by atoms with van der Waals surface area (Å²) in [5.74, 6) is 0. The highest BCUT2D eigenvalue weighted by Crippen LogP contribution is 2.15. The lowest BCUT2D eigenvalue weighted by Crippen LogP contribution is -1.66. The number of hydrogen-bond donors (Lipinski definition) is 1. The lowest BCUT2D eigenvalue weighted by atomic mass is 10.3. The van der Waals surface area contributed by atoms with Crippen LogP contribution in [0.5, 0.6) is 0 Å². The number of H-pyrrole nitrogens is 1. The number of aromatic nitrogens is 2. The van der Waals surface area contributed by atoms with Gasteiger partial charge in [-0.15, -0.1) is 0 Å². The van der Waals surface area contributed by atoms with Gasteiger partial charge in [-0.3, -0.25) is 5.10 Å². The number of rotatable bonds is 0. The standard InChI is InChI=1S/C7H4IN2/c8-7-5-3-1-2-4-6(5)9-10-7/h1,3-4H,(H,9,10). The molecule has 0 amide bonds. The number of nitrogens with zero attached hydrogens (tertiary/aromatic N) is 1. The molecule has 2 aromatic rings. The predicted molar refractivity (Wildman–Crippen MR) is 47.6 cm³/mol. The Labute approximate surface area is 71.8 Å². The van der Waals surface area contributed by atoms with Crippen molar-refractivity contribution in [3.63, 3.8) is 0 Å². The molecule has 1 heterocycles. The van der Waals surface area contributed by atoms with Gasteiger partial charge in [-0.05, 0) is 40.8 Å². The van der Waals surface area contributed by atoms with Crippen molar-refractivity contribution in [1.82, 2.24) is 10.2 Å². The number of benzene rings is 1. The molecule has 0 unspecified atom stereocenters. The fourth-order valence-corrected chi connectivity index (χ4v) is 1.46. The lowest BCUT2D eigenvalue weighted by Gasteiger charge is -1.83. The van der Waals surface area contributed by atoms with Crippen molar-refractivity contribution >= 4 is 33.5 Å². The second kappa shape index (κ2) is 2.23. The molecule has 1 aromatic heterocycles. The van der Waals surface area contributed by atoms with Gasteiger partial charge < -0.3 is 0 Å². The van der Waals surface area contributed by atoms with E-state index in [0.29, 0.717) is 0 Å². The van der Waals surface area contributed by atoms with E-state index in [1.54, 1.807) is 0 Å². The SMILES string of the molecule is Ic1n[nH]c2c[c]ccc12. The molecule has 49 valence electrons. The van der Waals surface area contributed by atoms with Crippen LogP contribution < -0.4 is 0 Å². The van der Waals surface area contributed by atoms with E-state index in [0.717, 1.165) is 9.22 Å². The summed E-state index contributed by atoms with van der Waals surface area (Å²) in [7, 11) is 0. The van der Waals surface area contributed by atoms with Gasteiger partial charge in [-0.2, -0.15) is 5.10 Å². The number of nitrogens with one attached hydrogen (secondary N) is 1. The normalized spacial score (nSPS) is 10.5. The minimum absolute atomic E-state index is 1.02. The predicted octanol–water partition coefficient (Wildman–Crippen LogP) is 1.97. The minimum Gasteiger partial charge on any atom is -0.277 e. The third-order valence-corrected chi connectivity index (χ3v) is 2.18. The van der Waals surface area contributed by atoms with Crippen LogP contribution in [0.25, 0.3) is 10.9 Å². The first-order chi connectivity index (χ1) is 4.88. The summed E-state index contributed by atoms with van der Waals surface area (Å²) in [6.45, 7) is 0. The lowest BCUT2D eigenvalue weighted by molar-refractivity contribution is 1.09. The van der Waals surface area contributed by atoms with E-state index >= 15 is 0 Å². The summed E-state index contributed by atoms with van der Waals surface area (Å²) in [5.41, 5.74) is 1.05. The van der Waals surface area contributed by atoms with Crippen LogP contribution in [-0.4, -0.2) is 10.2 Å². The fraction of sp³-hybridized carbons (Fsp3) is 0. The summed E-state index contributed by atoms with van der Waals surface area (Å²) in [4.78, 5) is 0. The smallest absolute Gasteiger partial charge is 0.130 e. The highest BCUT2D eigenvalue weighted by atomic mass is 127. The summed E-state index contributed by atoms with van der Waals surface area (Å²) in [6, 6.07) is 8.76. The molecule has 10 heavy (non-hydrogen) atoms. The van der Waals surface area contributed by atoms with E-state index in [1.165, 1.54) is 5.39 Å². The molecule has 1 radical (unpaired) electrons. The molecule has 0 aliphatic rings. The fourth-order valence-electron chi connectivity index (χ4n) is 0.872. The number of fused-ring (bicyclic) bond motifs is 1. The van der Waals surface area contributed by atoms with Crippen LogP contribution in [0.4, 0.5) is 0 Å². The average molecular weight is 243 g/mol. The third-order valence-electron chi connectivity index (χ3n) is 1.36. The van der Waals surface area contributed by atoms with Crippen molar-refractivity contribution in [2.45, 2.75) is 0 Å². The van der Waals surface area contributed by atoms with Crippen molar-refractivity contribution in [2.24, 2.45) is 0 Å². The van der Waals surface area contributed by atoms with Crippen LogP contribution in [0.3, 0.4) is 0 Å². The van der Waals surface area contributed by atoms with E-state index in [9.17, 15) is 0 Å². The molecular formula is C7H4IN2. The summed E-state index contributed by atoms with van der Waals surface area (Å²) >= 11 is 2.20. The van der Waals surface area contributed by atoms with E-state index in [1.807, 2.05) is 18.2 Å². The van der Waals surface area contributed by atoms with Crippen LogP contribution in [0.1, 0.15) is 0 Å². The van der Waals surface area contributed by atoms with Gasteiger partial charge in [-0.25, -0.2) is 0 Å². The van der Waals surface area contributed by atoms with Gasteiger partial charge in [0.05, 0.1) is 5.52 Å². The molecule has 2 nitrogen and oxygen atoms in total. The first kappa shape index (κ1) is 6.15. The second-order valence-electron chi connectivity index (χ2n) is 1.99. The molecule has 1 aromatic carbocycles. The molecule has 0 aliphatic carbocycles. The van der Waals surface area contributed by atoms with Crippen molar-refractivity contribution in [3.05, 3.63) is 28.0 Å². The molecule has 3 heteroatoms. The Morgan fingerprint density at radius 3 is 3.30 bits per heavy atom. The Morgan fingerprint density at radius 1 is 1.60 bits per heavy atom. The Balaban J connectivity index is 2.93. The number of halogens is 1. The van der Waals surface area contributed by atoms with Gasteiger partial charge in [0.1, 0.15) is 3.70 Å². The van der Waals surface area contributed by atoms with Crippen molar-refractivity contribution in [2.75, 3.05) is 0 Å². The molecule has 1 N–H and O–H groups in total. The monoisotopic (exact) mass is 243 g/mol. The van der Waals surface area contributed by atoms with Gasteiger partial charge in [0.2, 0.25) is 0 Å².